The summed E-state index contributed by atoms with van der Waals surface area (Å²) in [5.74, 6) is 6.88. The molecule has 0 saturated heterocycles. The number of aryl methyl sites for hydroxylation is 1. The molecule has 9 heteroatoms. The summed E-state index contributed by atoms with van der Waals surface area (Å²) >= 11 is 1.24. The molecule has 0 aliphatic carbocycles. The fraction of sp³-hybridized carbons (Fsp3) is 0.174. The van der Waals surface area contributed by atoms with Gasteiger partial charge in [0.05, 0.1) is 11.5 Å². The predicted octanol–water partition coefficient (Wildman–Crippen LogP) is 4.50. The smallest absolute Gasteiger partial charge is 0.237 e. The number of anilines is 1. The Balaban J connectivity index is 1.36. The van der Waals surface area contributed by atoms with Crippen molar-refractivity contribution in [1.29, 1.82) is 0 Å². The van der Waals surface area contributed by atoms with E-state index in [2.05, 4.69) is 45.2 Å². The fourth-order valence-corrected chi connectivity index (χ4v) is 4.63. The number of hydrogen-bond acceptors (Lipinski definition) is 6. The third-order valence-corrected chi connectivity index (χ3v) is 6.47. The SMILES string of the molecule is CCn1c2ccccc2c2cc(NC(=O)[C@H](C)Sc3nnc(-c4ccco4)n3N)ccc21. The Hall–Kier alpha value is -3.72. The molecule has 1 amide bonds. The van der Waals surface area contributed by atoms with Crippen LogP contribution in [0.5, 0.6) is 0 Å². The standard InChI is InChI=1S/C23H22N6O2S/c1-3-28-18-8-5-4-7-16(18)17-13-15(10-11-19(17)28)25-22(30)14(2)32-23-27-26-21(29(23)24)20-9-6-12-31-20/h4-14H,3,24H2,1-2H3,(H,25,30)/t14-/m0/s1. The summed E-state index contributed by atoms with van der Waals surface area (Å²) in [6, 6.07) is 17.8. The first-order valence-electron chi connectivity index (χ1n) is 10.3. The van der Waals surface area contributed by atoms with Crippen LogP contribution in [0, 0.1) is 0 Å². The van der Waals surface area contributed by atoms with E-state index in [9.17, 15) is 4.79 Å². The van der Waals surface area contributed by atoms with Gasteiger partial charge in [-0.3, -0.25) is 4.79 Å². The number of para-hydroxylation sites is 1. The van der Waals surface area contributed by atoms with Gasteiger partial charge in [-0.2, -0.15) is 0 Å². The lowest BCUT2D eigenvalue weighted by Crippen LogP contribution is -2.23. The van der Waals surface area contributed by atoms with Crippen LogP contribution >= 0.6 is 11.8 Å². The maximum atomic E-state index is 12.9. The van der Waals surface area contributed by atoms with Gasteiger partial charge >= 0.3 is 0 Å². The van der Waals surface area contributed by atoms with Gasteiger partial charge in [0, 0.05) is 34.0 Å². The predicted molar refractivity (Wildman–Crippen MR) is 127 cm³/mol. The number of nitrogens with one attached hydrogen (secondary N) is 1. The number of aromatic nitrogens is 4. The van der Waals surface area contributed by atoms with Crippen LogP contribution in [0.3, 0.4) is 0 Å². The van der Waals surface area contributed by atoms with Crippen molar-refractivity contribution >= 4 is 45.2 Å². The molecule has 0 saturated carbocycles. The molecule has 32 heavy (non-hydrogen) atoms. The van der Waals surface area contributed by atoms with Crippen LogP contribution in [-0.2, 0) is 11.3 Å². The molecule has 3 heterocycles. The summed E-state index contributed by atoms with van der Waals surface area (Å²) in [6.45, 7) is 4.82. The number of hydrogen-bond donors (Lipinski definition) is 2. The van der Waals surface area contributed by atoms with Crippen LogP contribution in [0.4, 0.5) is 5.69 Å². The number of carbonyl (C=O) groups is 1. The number of nitrogens with two attached hydrogens (primary N) is 1. The normalized spacial score (nSPS) is 12.4. The number of rotatable bonds is 6. The second-order valence-electron chi connectivity index (χ2n) is 7.40. The summed E-state index contributed by atoms with van der Waals surface area (Å²) in [6.07, 6.45) is 1.54. The van der Waals surface area contributed by atoms with Gasteiger partial charge < -0.3 is 20.1 Å². The fourth-order valence-electron chi connectivity index (χ4n) is 3.86. The molecule has 0 radical (unpaired) electrons. The molecule has 3 aromatic heterocycles. The number of thioether (sulfide) groups is 1. The number of nitrogen functional groups attached to an aromatic ring is 1. The van der Waals surface area contributed by atoms with Gasteiger partial charge in [0.2, 0.25) is 16.9 Å². The highest BCUT2D eigenvalue weighted by Crippen LogP contribution is 2.31. The van der Waals surface area contributed by atoms with E-state index in [1.54, 1.807) is 18.4 Å². The number of fused-ring (bicyclic) bond motifs is 3. The van der Waals surface area contributed by atoms with E-state index in [1.807, 2.05) is 31.2 Å². The van der Waals surface area contributed by atoms with Crippen molar-refractivity contribution in [2.45, 2.75) is 30.8 Å². The van der Waals surface area contributed by atoms with Gasteiger partial charge in [0.15, 0.2) is 5.76 Å². The third kappa shape index (κ3) is 3.40. The maximum Gasteiger partial charge on any atom is 0.237 e. The first kappa shape index (κ1) is 20.2. The van der Waals surface area contributed by atoms with Crippen LogP contribution in [0.15, 0.2) is 70.4 Å². The molecule has 5 rings (SSSR count). The zero-order chi connectivity index (χ0) is 22.2. The van der Waals surface area contributed by atoms with Crippen molar-refractivity contribution in [2.75, 3.05) is 11.2 Å². The second kappa shape index (κ2) is 8.08. The van der Waals surface area contributed by atoms with E-state index in [4.69, 9.17) is 10.3 Å². The minimum Gasteiger partial charge on any atom is -0.461 e. The molecule has 0 aliphatic rings. The molecule has 162 valence electrons. The lowest BCUT2D eigenvalue weighted by atomic mass is 10.1. The van der Waals surface area contributed by atoms with Crippen molar-refractivity contribution in [1.82, 2.24) is 19.4 Å². The quantitative estimate of drug-likeness (QED) is 0.294. The molecule has 8 nitrogen and oxygen atoms in total. The highest BCUT2D eigenvalue weighted by Gasteiger charge is 2.21. The van der Waals surface area contributed by atoms with Crippen molar-refractivity contribution in [3.8, 4) is 11.6 Å². The van der Waals surface area contributed by atoms with E-state index in [0.717, 1.165) is 23.1 Å². The van der Waals surface area contributed by atoms with Crippen molar-refractivity contribution in [3.63, 3.8) is 0 Å². The Labute approximate surface area is 188 Å². The average molecular weight is 447 g/mol. The lowest BCUT2D eigenvalue weighted by Gasteiger charge is -2.12. The molecular formula is C23H22N6O2S. The summed E-state index contributed by atoms with van der Waals surface area (Å²) in [5, 5.41) is 13.5. The lowest BCUT2D eigenvalue weighted by molar-refractivity contribution is -0.115. The number of carbonyl (C=O) groups excluding carboxylic acids is 1. The number of nitrogens with zero attached hydrogens (tertiary/aromatic N) is 4. The second-order valence-corrected chi connectivity index (χ2v) is 8.70. The minimum atomic E-state index is -0.432. The molecule has 0 unspecified atom stereocenters. The highest BCUT2D eigenvalue weighted by atomic mass is 32.2. The van der Waals surface area contributed by atoms with Crippen LogP contribution in [0.25, 0.3) is 33.4 Å². The summed E-state index contributed by atoms with van der Waals surface area (Å²) in [4.78, 5) is 12.9. The first-order chi connectivity index (χ1) is 15.6. The average Bonchev–Trinajstić information content (AvgIpc) is 3.52. The Bertz CT molecular complexity index is 1420. The van der Waals surface area contributed by atoms with Gasteiger partial charge in [-0.1, -0.05) is 30.0 Å². The van der Waals surface area contributed by atoms with Gasteiger partial charge in [0.25, 0.3) is 0 Å². The zero-order valence-electron chi connectivity index (χ0n) is 17.6. The number of furan rings is 1. The summed E-state index contributed by atoms with van der Waals surface area (Å²) < 4.78 is 8.94. The van der Waals surface area contributed by atoms with E-state index >= 15 is 0 Å². The Morgan fingerprint density at radius 1 is 1.12 bits per heavy atom. The zero-order valence-corrected chi connectivity index (χ0v) is 18.5. The molecule has 0 aliphatic heterocycles. The van der Waals surface area contributed by atoms with Crippen molar-refractivity contribution in [2.24, 2.45) is 0 Å². The Kier molecular flexibility index (Phi) is 5.10. The van der Waals surface area contributed by atoms with E-state index in [0.29, 0.717) is 16.7 Å². The number of amides is 1. The molecule has 3 N–H and O–H groups in total. The molecule has 0 bridgehead atoms. The van der Waals surface area contributed by atoms with Gasteiger partial charge in [0.1, 0.15) is 0 Å². The maximum absolute atomic E-state index is 12.9. The molecule has 1 atom stereocenters. The largest absolute Gasteiger partial charge is 0.461 e. The van der Waals surface area contributed by atoms with Crippen LogP contribution in [0.2, 0.25) is 0 Å². The van der Waals surface area contributed by atoms with E-state index < -0.39 is 5.25 Å². The van der Waals surface area contributed by atoms with Crippen LogP contribution < -0.4 is 11.2 Å². The monoisotopic (exact) mass is 446 g/mol. The molecule has 0 fully saturated rings. The Morgan fingerprint density at radius 3 is 2.72 bits per heavy atom. The van der Waals surface area contributed by atoms with E-state index in [-0.39, 0.29) is 5.91 Å². The summed E-state index contributed by atoms with van der Waals surface area (Å²) in [5.41, 5.74) is 3.09. The van der Waals surface area contributed by atoms with Crippen molar-refractivity contribution in [3.05, 3.63) is 60.9 Å². The summed E-state index contributed by atoms with van der Waals surface area (Å²) in [7, 11) is 0. The first-order valence-corrected chi connectivity index (χ1v) is 11.2. The van der Waals surface area contributed by atoms with Gasteiger partial charge in [-0.15, -0.1) is 10.2 Å². The van der Waals surface area contributed by atoms with Gasteiger partial charge in [-0.25, -0.2) is 4.68 Å². The highest BCUT2D eigenvalue weighted by molar-refractivity contribution is 8.00. The van der Waals surface area contributed by atoms with Gasteiger partial charge in [-0.05, 0) is 50.2 Å². The van der Waals surface area contributed by atoms with Crippen LogP contribution in [-0.4, -0.2) is 30.6 Å². The minimum absolute atomic E-state index is 0.142. The molecule has 5 aromatic rings. The Morgan fingerprint density at radius 2 is 1.94 bits per heavy atom. The third-order valence-electron chi connectivity index (χ3n) is 5.41. The van der Waals surface area contributed by atoms with Crippen LogP contribution in [0.1, 0.15) is 13.8 Å². The topological polar surface area (TPSA) is 104 Å². The van der Waals surface area contributed by atoms with Crippen molar-refractivity contribution < 1.29 is 9.21 Å². The molecular weight excluding hydrogens is 424 g/mol. The molecule has 0 spiro atoms. The van der Waals surface area contributed by atoms with E-state index in [1.165, 1.54) is 27.3 Å². The molecule has 2 aromatic carbocycles. The number of benzene rings is 2.